The summed E-state index contributed by atoms with van der Waals surface area (Å²) < 4.78 is 31.6. The van der Waals surface area contributed by atoms with Gasteiger partial charge in [-0.1, -0.05) is 6.92 Å². The van der Waals surface area contributed by atoms with E-state index in [2.05, 4.69) is 6.92 Å². The number of piperidine rings is 1. The first-order chi connectivity index (χ1) is 11.3. The van der Waals surface area contributed by atoms with Gasteiger partial charge in [0.15, 0.2) is 0 Å². The summed E-state index contributed by atoms with van der Waals surface area (Å²) in [7, 11) is -2.24. The van der Waals surface area contributed by atoms with Gasteiger partial charge in [0.25, 0.3) is 0 Å². The maximum atomic E-state index is 12.6. The van der Waals surface area contributed by atoms with Crippen molar-refractivity contribution in [2.45, 2.75) is 31.6 Å². The SMILES string of the molecule is CCOc1ccc(S(=O)(=O)N(C)CC(=O)N2CCC(C)CC2)cc1. The minimum Gasteiger partial charge on any atom is -0.494 e. The number of carbonyl (C=O) groups is 1. The average molecular weight is 354 g/mol. The van der Waals surface area contributed by atoms with Crippen LogP contribution in [-0.4, -0.2) is 56.8 Å². The largest absolute Gasteiger partial charge is 0.494 e. The number of hydrogen-bond donors (Lipinski definition) is 0. The van der Waals surface area contributed by atoms with Crippen molar-refractivity contribution in [3.63, 3.8) is 0 Å². The fraction of sp³-hybridized carbons (Fsp3) is 0.588. The van der Waals surface area contributed by atoms with Gasteiger partial charge in [-0.2, -0.15) is 4.31 Å². The molecular formula is C17H26N2O4S. The predicted molar refractivity (Wildman–Crippen MR) is 92.4 cm³/mol. The van der Waals surface area contributed by atoms with E-state index in [1.807, 2.05) is 6.92 Å². The Morgan fingerprint density at radius 3 is 2.38 bits per heavy atom. The molecule has 7 heteroatoms. The van der Waals surface area contributed by atoms with E-state index in [0.717, 1.165) is 17.1 Å². The third-order valence-electron chi connectivity index (χ3n) is 4.34. The number of sulfonamides is 1. The molecule has 0 spiro atoms. The molecule has 0 N–H and O–H groups in total. The van der Waals surface area contributed by atoms with Gasteiger partial charge in [-0.15, -0.1) is 0 Å². The maximum absolute atomic E-state index is 12.6. The van der Waals surface area contributed by atoms with Crippen LogP contribution in [0, 0.1) is 5.92 Å². The van der Waals surface area contributed by atoms with Crippen molar-refractivity contribution in [1.29, 1.82) is 0 Å². The third kappa shape index (κ3) is 4.48. The molecule has 0 aliphatic carbocycles. The number of benzene rings is 1. The molecule has 1 fully saturated rings. The highest BCUT2D eigenvalue weighted by atomic mass is 32.2. The summed E-state index contributed by atoms with van der Waals surface area (Å²) in [6.45, 7) is 5.84. The first kappa shape index (κ1) is 18.7. The fourth-order valence-corrected chi connectivity index (χ4v) is 3.81. The van der Waals surface area contributed by atoms with Gasteiger partial charge in [-0.25, -0.2) is 8.42 Å². The number of hydrogen-bond acceptors (Lipinski definition) is 4. The molecule has 0 unspecified atom stereocenters. The number of likely N-dealkylation sites (tertiary alicyclic amines) is 1. The Kier molecular flexibility index (Phi) is 6.23. The zero-order valence-electron chi connectivity index (χ0n) is 14.6. The summed E-state index contributed by atoms with van der Waals surface area (Å²) in [5, 5.41) is 0. The molecule has 1 aliphatic heterocycles. The van der Waals surface area contributed by atoms with Crippen LogP contribution in [0.5, 0.6) is 5.75 Å². The van der Waals surface area contributed by atoms with Gasteiger partial charge in [0.05, 0.1) is 18.0 Å². The van der Waals surface area contributed by atoms with Crippen LogP contribution in [0.25, 0.3) is 0 Å². The summed E-state index contributed by atoms with van der Waals surface area (Å²) in [5.41, 5.74) is 0. The number of nitrogens with zero attached hydrogens (tertiary/aromatic N) is 2. The van der Waals surface area contributed by atoms with Crippen LogP contribution in [0.4, 0.5) is 0 Å². The second kappa shape index (κ2) is 7.98. The minimum absolute atomic E-state index is 0.135. The molecule has 0 aromatic heterocycles. The Morgan fingerprint density at radius 1 is 1.25 bits per heavy atom. The molecule has 1 heterocycles. The van der Waals surface area contributed by atoms with Crippen LogP contribution < -0.4 is 4.74 Å². The van der Waals surface area contributed by atoms with Gasteiger partial charge in [-0.05, 0) is 49.9 Å². The van der Waals surface area contributed by atoms with Crippen molar-refractivity contribution < 1.29 is 17.9 Å². The number of amides is 1. The second-order valence-electron chi connectivity index (χ2n) is 6.23. The van der Waals surface area contributed by atoms with Gasteiger partial charge in [0.1, 0.15) is 5.75 Å². The summed E-state index contributed by atoms with van der Waals surface area (Å²) in [6, 6.07) is 6.25. The lowest BCUT2D eigenvalue weighted by atomic mass is 9.99. The average Bonchev–Trinajstić information content (AvgIpc) is 2.56. The Hall–Kier alpha value is -1.60. The van der Waals surface area contributed by atoms with Gasteiger partial charge >= 0.3 is 0 Å². The van der Waals surface area contributed by atoms with Crippen LogP contribution >= 0.6 is 0 Å². The van der Waals surface area contributed by atoms with E-state index in [1.165, 1.54) is 19.2 Å². The lowest BCUT2D eigenvalue weighted by Gasteiger charge is -2.31. The molecule has 0 atom stereocenters. The quantitative estimate of drug-likeness (QED) is 0.783. The molecule has 134 valence electrons. The zero-order chi connectivity index (χ0) is 17.7. The highest BCUT2D eigenvalue weighted by Crippen LogP contribution is 2.20. The molecule has 24 heavy (non-hydrogen) atoms. The van der Waals surface area contributed by atoms with E-state index in [9.17, 15) is 13.2 Å². The van der Waals surface area contributed by atoms with Crippen LogP contribution in [0.2, 0.25) is 0 Å². The first-order valence-corrected chi connectivity index (χ1v) is 9.75. The molecule has 6 nitrogen and oxygen atoms in total. The highest BCUT2D eigenvalue weighted by molar-refractivity contribution is 7.89. The molecule has 1 amide bonds. The Bertz CT molecular complexity index is 650. The highest BCUT2D eigenvalue weighted by Gasteiger charge is 2.26. The van der Waals surface area contributed by atoms with Crippen LogP contribution in [0.3, 0.4) is 0 Å². The zero-order valence-corrected chi connectivity index (χ0v) is 15.4. The number of rotatable bonds is 6. The molecule has 2 rings (SSSR count). The van der Waals surface area contributed by atoms with Crippen molar-refractivity contribution in [3.05, 3.63) is 24.3 Å². The summed E-state index contributed by atoms with van der Waals surface area (Å²) in [6.07, 6.45) is 1.95. The molecule has 0 radical (unpaired) electrons. The van der Waals surface area contributed by atoms with Gasteiger partial charge < -0.3 is 9.64 Å². The van der Waals surface area contributed by atoms with Crippen molar-refractivity contribution >= 4 is 15.9 Å². The summed E-state index contributed by atoms with van der Waals surface area (Å²) in [5.74, 6) is 1.11. The van der Waals surface area contributed by atoms with Gasteiger partial charge in [-0.3, -0.25) is 4.79 Å². The van der Waals surface area contributed by atoms with E-state index >= 15 is 0 Å². The number of carbonyl (C=O) groups excluding carboxylic acids is 1. The lowest BCUT2D eigenvalue weighted by molar-refractivity contribution is -0.132. The van der Waals surface area contributed by atoms with Gasteiger partial charge in [0.2, 0.25) is 15.9 Å². The molecule has 1 aromatic rings. The van der Waals surface area contributed by atoms with Crippen molar-refractivity contribution in [3.8, 4) is 5.75 Å². The first-order valence-electron chi connectivity index (χ1n) is 8.31. The normalized spacial score (nSPS) is 16.4. The second-order valence-corrected chi connectivity index (χ2v) is 8.27. The smallest absolute Gasteiger partial charge is 0.243 e. The van der Waals surface area contributed by atoms with Crippen LogP contribution in [0.15, 0.2) is 29.2 Å². The van der Waals surface area contributed by atoms with E-state index in [4.69, 9.17) is 4.74 Å². The maximum Gasteiger partial charge on any atom is 0.243 e. The molecule has 1 aromatic carbocycles. The van der Waals surface area contributed by atoms with E-state index < -0.39 is 10.0 Å². The third-order valence-corrected chi connectivity index (χ3v) is 6.15. The van der Waals surface area contributed by atoms with E-state index in [0.29, 0.717) is 31.4 Å². The number of likely N-dealkylation sites (N-methyl/N-ethyl adjacent to an activating group) is 1. The molecule has 1 aliphatic rings. The molecule has 1 saturated heterocycles. The van der Waals surface area contributed by atoms with Crippen LogP contribution in [-0.2, 0) is 14.8 Å². The molecule has 0 saturated carbocycles. The Morgan fingerprint density at radius 2 is 1.83 bits per heavy atom. The predicted octanol–water partition coefficient (Wildman–Crippen LogP) is 1.96. The summed E-state index contributed by atoms with van der Waals surface area (Å²) >= 11 is 0. The minimum atomic E-state index is -3.68. The molecular weight excluding hydrogens is 328 g/mol. The van der Waals surface area contributed by atoms with E-state index in [-0.39, 0.29) is 17.3 Å². The van der Waals surface area contributed by atoms with Crippen molar-refractivity contribution in [2.24, 2.45) is 5.92 Å². The topological polar surface area (TPSA) is 66.9 Å². The fourth-order valence-electron chi connectivity index (χ4n) is 2.69. The van der Waals surface area contributed by atoms with Crippen LogP contribution in [0.1, 0.15) is 26.7 Å². The monoisotopic (exact) mass is 354 g/mol. The van der Waals surface area contributed by atoms with Gasteiger partial charge in [0, 0.05) is 20.1 Å². The van der Waals surface area contributed by atoms with E-state index in [1.54, 1.807) is 17.0 Å². The van der Waals surface area contributed by atoms with Crippen molar-refractivity contribution in [2.75, 3.05) is 33.3 Å². The summed E-state index contributed by atoms with van der Waals surface area (Å²) in [4.78, 5) is 14.2. The number of ether oxygens (including phenoxy) is 1. The standard InChI is InChI=1S/C17H26N2O4S/c1-4-23-15-5-7-16(8-6-15)24(21,22)18(3)13-17(20)19-11-9-14(2)10-12-19/h5-8,14H,4,9-13H2,1-3H3. The lowest BCUT2D eigenvalue weighted by Crippen LogP contribution is -2.44. The van der Waals surface area contributed by atoms with Crippen molar-refractivity contribution in [1.82, 2.24) is 9.21 Å². The molecule has 0 bridgehead atoms. The Labute approximate surface area is 144 Å². The Balaban J connectivity index is 2.01.